The molecule has 25 nitrogen and oxygen atoms in total. The molecule has 522 valence electrons. The van der Waals surface area contributed by atoms with Gasteiger partial charge in [0.05, 0.1) is 66.4 Å². The van der Waals surface area contributed by atoms with Crippen molar-refractivity contribution in [1.29, 1.82) is 0 Å². The van der Waals surface area contributed by atoms with Gasteiger partial charge in [-0.25, -0.2) is 15.0 Å². The van der Waals surface area contributed by atoms with Crippen LogP contribution in [-0.2, 0) is 29.5 Å². The number of aryl methyl sites for hydroxylation is 1. The standard InChI is InChI=1S/2C19H19N5O2.C12H6Cl3IN2O.C12H10IN3O.C8H12N2O.CH5N/c2*1-11(2)25-17-10-21-9-16(22-17)14-7-6-12-4-5-13(8-15(12)14)18-23-19(20-3)26-24-18;13-12(14,15)11-17-10(19-18-11)7-2-1-6-3-4-9(16)8(6)5-7;1-14-12-15-11(16-17-12)8-3-2-7-4-5-10(13)9(7)6-8;1-6(2)11-8-5-9-4-7(3)10-8;1-2/h2*4-5,7-11H,6H2,1-3H3,(H,20,23,24);1-2,4-5H,3H2;2-3,5-6H,4H2,1H3,(H,14,15,16);4-6H,1-3H3;2H2,1H3. The Kier molecular flexibility index (Phi) is 25.3. The van der Waals surface area contributed by atoms with Crippen LogP contribution in [0.4, 0.5) is 18.0 Å². The third kappa shape index (κ3) is 19.2. The highest BCUT2D eigenvalue weighted by Crippen LogP contribution is 2.41. The van der Waals surface area contributed by atoms with Crippen LogP contribution in [0.25, 0.3) is 63.9 Å². The van der Waals surface area contributed by atoms with Crippen molar-refractivity contribution in [3.8, 4) is 63.3 Å². The molecule has 0 fully saturated rings. The quantitative estimate of drug-likeness (QED) is 0.0547. The van der Waals surface area contributed by atoms with Crippen LogP contribution in [0.5, 0.6) is 17.6 Å². The number of alkyl halides is 3. The number of nitrogens with one attached hydrogen (secondary N) is 3. The summed E-state index contributed by atoms with van der Waals surface area (Å²) in [5.41, 5.74) is 22.4. The second-order valence-corrected chi connectivity index (χ2v) is 27.7. The summed E-state index contributed by atoms with van der Waals surface area (Å²) in [6.45, 7) is 13.7. The van der Waals surface area contributed by atoms with Crippen LogP contribution in [0.15, 0.2) is 152 Å². The summed E-state index contributed by atoms with van der Waals surface area (Å²) in [7, 11) is 6.74. The minimum absolute atomic E-state index is 0.0400. The molecule has 0 atom stereocenters. The number of hydrogen-bond donors (Lipinski definition) is 4. The molecule has 0 saturated carbocycles. The number of anilines is 3. The molecule has 0 radical (unpaired) electrons. The number of nitrogens with two attached hydrogens (primary N) is 1. The fourth-order valence-corrected chi connectivity index (χ4v) is 12.0. The van der Waals surface area contributed by atoms with Crippen molar-refractivity contribution in [2.24, 2.45) is 5.73 Å². The second kappa shape index (κ2) is 34.4. The summed E-state index contributed by atoms with van der Waals surface area (Å²) >= 11 is 21.8. The number of ether oxygens (including phenoxy) is 3. The Morgan fingerprint density at radius 3 is 1.16 bits per heavy atom. The highest BCUT2D eigenvalue weighted by atomic mass is 127. The number of fused-ring (bicyclic) bond motifs is 4. The second-order valence-electron chi connectivity index (χ2n) is 23.1. The third-order valence-corrected chi connectivity index (χ3v) is 17.3. The first-order valence-electron chi connectivity index (χ1n) is 31.8. The van der Waals surface area contributed by atoms with Crippen molar-refractivity contribution in [2.45, 2.75) is 96.3 Å². The summed E-state index contributed by atoms with van der Waals surface area (Å²) in [6.07, 6.45) is 22.8. The molecule has 0 saturated heterocycles. The maximum atomic E-state index is 5.71. The van der Waals surface area contributed by atoms with Crippen molar-refractivity contribution < 1.29 is 32.3 Å². The van der Waals surface area contributed by atoms with Crippen molar-refractivity contribution in [3.63, 3.8) is 0 Å². The fraction of sp³-hybridized carbons (Fsp3) is 0.268. The van der Waals surface area contributed by atoms with Crippen molar-refractivity contribution >= 4 is 116 Å². The molecule has 5 N–H and O–H groups in total. The van der Waals surface area contributed by atoms with Crippen molar-refractivity contribution in [3.05, 3.63) is 202 Å². The molecule has 0 spiro atoms. The largest absolute Gasteiger partial charge is 0.474 e. The maximum Gasteiger partial charge on any atom is 0.321 e. The first-order valence-corrected chi connectivity index (χ1v) is 35.1. The Bertz CT molecular complexity index is 4650. The zero-order valence-electron chi connectivity index (χ0n) is 56.8. The van der Waals surface area contributed by atoms with Gasteiger partial charge in [-0.3, -0.25) is 15.0 Å². The van der Waals surface area contributed by atoms with Gasteiger partial charge in [0, 0.05) is 67.9 Å². The summed E-state index contributed by atoms with van der Waals surface area (Å²) in [6, 6.07) is 25.8. The summed E-state index contributed by atoms with van der Waals surface area (Å²) < 4.78 is 37.9. The third-order valence-electron chi connectivity index (χ3n) is 14.8. The van der Waals surface area contributed by atoms with Gasteiger partial charge in [-0.15, -0.1) is 0 Å². The predicted octanol–water partition coefficient (Wildman–Crippen LogP) is 15.8. The normalized spacial score (nSPS) is 12.8. The van der Waals surface area contributed by atoms with Crippen molar-refractivity contribution in [2.75, 3.05) is 44.1 Å². The number of aromatic nitrogens is 14. The molecule has 11 aromatic rings. The topological polar surface area (TPSA) is 323 Å². The molecule has 30 heteroatoms. The molecule has 7 heterocycles. The van der Waals surface area contributed by atoms with E-state index >= 15 is 0 Å². The smallest absolute Gasteiger partial charge is 0.321 e. The number of benzene rings is 4. The number of rotatable bonds is 15. The molecular weight excluding hydrogens is 1580 g/mol. The van der Waals surface area contributed by atoms with Crippen LogP contribution in [0.1, 0.15) is 109 Å². The van der Waals surface area contributed by atoms with Gasteiger partial charge in [0.15, 0.2) is 0 Å². The Balaban J connectivity index is 0.000000139. The van der Waals surface area contributed by atoms with E-state index in [1.54, 1.807) is 58.3 Å². The van der Waals surface area contributed by atoms with Gasteiger partial charge in [-0.05, 0) is 201 Å². The van der Waals surface area contributed by atoms with Gasteiger partial charge in [-0.2, -0.15) is 19.9 Å². The van der Waals surface area contributed by atoms with Crippen LogP contribution in [0.3, 0.4) is 0 Å². The van der Waals surface area contributed by atoms with E-state index in [-0.39, 0.29) is 24.1 Å². The van der Waals surface area contributed by atoms with E-state index in [1.807, 2.05) is 84.9 Å². The monoisotopic (exact) mass is 1650 g/mol. The highest BCUT2D eigenvalue weighted by molar-refractivity contribution is 14.1. The first kappa shape index (κ1) is 74.4. The van der Waals surface area contributed by atoms with Crippen LogP contribution in [0.2, 0.25) is 0 Å². The maximum absolute atomic E-state index is 5.71. The molecule has 0 amide bonds. The fourth-order valence-electron chi connectivity index (χ4n) is 10.3. The van der Waals surface area contributed by atoms with Gasteiger partial charge in [0.25, 0.3) is 9.68 Å². The van der Waals surface area contributed by atoms with Gasteiger partial charge in [-0.1, -0.05) is 122 Å². The predicted molar refractivity (Wildman–Crippen MR) is 408 cm³/mol. The molecular formula is C71H71Cl3I2N18O7. The first-order chi connectivity index (χ1) is 48.7. The lowest BCUT2D eigenvalue weighted by atomic mass is 10.0. The van der Waals surface area contributed by atoms with Crippen LogP contribution in [0, 0.1) is 6.92 Å². The summed E-state index contributed by atoms with van der Waals surface area (Å²) in [4.78, 5) is 42.8. The minimum atomic E-state index is -1.67. The lowest BCUT2D eigenvalue weighted by molar-refractivity contribution is 0.231. The molecule has 101 heavy (non-hydrogen) atoms. The number of halogens is 5. The Morgan fingerprint density at radius 2 is 0.792 bits per heavy atom. The van der Waals surface area contributed by atoms with E-state index in [1.165, 1.54) is 47.6 Å². The van der Waals surface area contributed by atoms with Gasteiger partial charge >= 0.3 is 18.0 Å². The van der Waals surface area contributed by atoms with Gasteiger partial charge in [0.2, 0.25) is 40.9 Å². The van der Waals surface area contributed by atoms with E-state index in [2.05, 4.69) is 198 Å². The van der Waals surface area contributed by atoms with E-state index in [4.69, 9.17) is 67.1 Å². The lowest BCUT2D eigenvalue weighted by Gasteiger charge is -2.11. The molecule has 4 aromatic carbocycles. The van der Waals surface area contributed by atoms with Gasteiger partial charge in [0.1, 0.15) is 0 Å². The van der Waals surface area contributed by atoms with Crippen molar-refractivity contribution in [1.82, 2.24) is 70.5 Å². The Labute approximate surface area is 625 Å². The molecule has 0 bridgehead atoms. The average Bonchev–Trinajstić information content (AvgIpc) is 1.66. The molecule has 4 aliphatic rings. The van der Waals surface area contributed by atoms with E-state index in [0.29, 0.717) is 59.0 Å². The summed E-state index contributed by atoms with van der Waals surface area (Å²) in [5, 5.41) is 24.1. The Morgan fingerprint density at radius 1 is 0.436 bits per heavy atom. The number of hydrogen-bond acceptors (Lipinski definition) is 25. The molecule has 7 aromatic heterocycles. The SMILES string of the molecule is CN.CNc1nc(-c2ccc3c(c2)C(I)=CC3)no1.CNc1nc(-c2ccc3c(c2)C(c2cncc(OC(C)C)n2)=CC3)no1.CNc1nc(-c2ccc3c(c2)C(c2cncc(OC(C)C)n2)=CC3)no1.Cc1cncc(OC(C)C)n1.ClC(Cl)(Cl)c1noc(-c2ccc3c(c2)C(I)=CC3)n1. The number of allylic oxidation sites excluding steroid dienone is 4. The molecule has 15 rings (SSSR count). The van der Waals surface area contributed by atoms with E-state index in [9.17, 15) is 0 Å². The molecule has 0 aliphatic heterocycles. The zero-order chi connectivity index (χ0) is 71.9. The zero-order valence-corrected chi connectivity index (χ0v) is 63.4. The summed E-state index contributed by atoms with van der Waals surface area (Å²) in [5.74, 6) is 3.75. The Hall–Kier alpha value is -9.27. The average molecular weight is 1650 g/mol. The lowest BCUT2D eigenvalue weighted by Crippen LogP contribution is -2.08. The molecule has 0 unspecified atom stereocenters. The van der Waals surface area contributed by atoms with E-state index in [0.717, 1.165) is 87.3 Å². The van der Waals surface area contributed by atoms with Crippen LogP contribution in [-0.4, -0.2) is 117 Å². The highest BCUT2D eigenvalue weighted by Gasteiger charge is 2.30. The molecule has 4 aliphatic carbocycles. The van der Waals surface area contributed by atoms with Crippen LogP contribution >= 0.6 is 80.0 Å². The van der Waals surface area contributed by atoms with Gasteiger partial charge < -0.3 is 54.0 Å². The number of nitrogens with zero attached hydrogens (tertiary/aromatic N) is 14. The minimum Gasteiger partial charge on any atom is -0.474 e. The van der Waals surface area contributed by atoms with E-state index < -0.39 is 3.79 Å². The van der Waals surface area contributed by atoms with Crippen LogP contribution < -0.4 is 35.9 Å².